The van der Waals surface area contributed by atoms with Gasteiger partial charge in [-0.1, -0.05) is 30.3 Å². The Bertz CT molecular complexity index is 1010. The maximum Gasteiger partial charge on any atom is 0.264 e. The van der Waals surface area contributed by atoms with E-state index in [0.717, 1.165) is 5.56 Å². The van der Waals surface area contributed by atoms with Crippen molar-refractivity contribution in [1.82, 2.24) is 14.5 Å². The van der Waals surface area contributed by atoms with Gasteiger partial charge in [-0.2, -0.15) is 0 Å². The van der Waals surface area contributed by atoms with E-state index >= 15 is 0 Å². The van der Waals surface area contributed by atoms with Crippen LogP contribution in [0.25, 0.3) is 10.2 Å². The topological polar surface area (TPSA) is 64.4 Å². The average Bonchev–Trinajstić information content (AvgIpc) is 3.01. The number of fused-ring (bicyclic) bond motifs is 1. The summed E-state index contributed by atoms with van der Waals surface area (Å²) >= 11 is 1.27. The predicted molar refractivity (Wildman–Crippen MR) is 108 cm³/mol. The molecular formula is C20H23N3O3S. The zero-order chi connectivity index (χ0) is 19.6. The second-order valence-electron chi connectivity index (χ2n) is 6.61. The number of aryl methyl sites for hydroxylation is 2. The summed E-state index contributed by atoms with van der Waals surface area (Å²) in [4.78, 5) is 32.8. The Morgan fingerprint density at radius 1 is 1.33 bits per heavy atom. The van der Waals surface area contributed by atoms with E-state index in [9.17, 15) is 9.59 Å². The average molecular weight is 385 g/mol. The number of ether oxygens (including phenoxy) is 1. The summed E-state index contributed by atoms with van der Waals surface area (Å²) in [5, 5.41) is 0.521. The van der Waals surface area contributed by atoms with Crippen LogP contribution in [0.15, 0.2) is 41.5 Å². The van der Waals surface area contributed by atoms with E-state index in [4.69, 9.17) is 4.74 Å². The van der Waals surface area contributed by atoms with E-state index < -0.39 is 0 Å². The van der Waals surface area contributed by atoms with Gasteiger partial charge in [-0.25, -0.2) is 4.98 Å². The molecule has 0 N–H and O–H groups in total. The number of carbonyl (C=O) groups is 1. The number of hydrogen-bond donors (Lipinski definition) is 0. The lowest BCUT2D eigenvalue weighted by Crippen LogP contribution is -2.41. The quantitative estimate of drug-likeness (QED) is 0.654. The van der Waals surface area contributed by atoms with Crippen molar-refractivity contribution in [3.8, 4) is 0 Å². The molecule has 1 atom stereocenters. The number of amides is 1. The van der Waals surface area contributed by atoms with Gasteiger partial charge in [-0.3, -0.25) is 9.59 Å². The summed E-state index contributed by atoms with van der Waals surface area (Å²) < 4.78 is 6.78. The van der Waals surface area contributed by atoms with E-state index in [-0.39, 0.29) is 17.5 Å². The number of nitrogens with zero attached hydrogens (tertiary/aromatic N) is 3. The molecule has 6 nitrogen and oxygen atoms in total. The Labute approximate surface area is 162 Å². The number of carbonyl (C=O) groups excluding carboxylic acids is 1. The predicted octanol–water partition coefficient (Wildman–Crippen LogP) is 2.63. The molecule has 0 saturated heterocycles. The van der Waals surface area contributed by atoms with Gasteiger partial charge < -0.3 is 14.2 Å². The molecule has 1 amide bonds. The number of likely N-dealkylation sites (N-methyl/N-ethyl adjacent to an activating group) is 1. The molecule has 7 heteroatoms. The third-order valence-electron chi connectivity index (χ3n) is 4.75. The number of methoxy groups -OCH3 is 1. The summed E-state index contributed by atoms with van der Waals surface area (Å²) in [5.74, 6) is -0.115. The highest BCUT2D eigenvalue weighted by atomic mass is 32.1. The van der Waals surface area contributed by atoms with Gasteiger partial charge >= 0.3 is 0 Å². The first-order chi connectivity index (χ1) is 12.9. The third-order valence-corrected chi connectivity index (χ3v) is 5.93. The van der Waals surface area contributed by atoms with Gasteiger partial charge in [-0.05, 0) is 24.5 Å². The Kier molecular flexibility index (Phi) is 5.72. The molecule has 2 heterocycles. The maximum absolute atomic E-state index is 13.2. The van der Waals surface area contributed by atoms with Crippen molar-refractivity contribution in [2.45, 2.75) is 19.4 Å². The highest BCUT2D eigenvalue weighted by molar-refractivity contribution is 7.20. The molecule has 3 aromatic rings. The maximum atomic E-state index is 13.2. The Morgan fingerprint density at radius 2 is 2.04 bits per heavy atom. The summed E-state index contributed by atoms with van der Waals surface area (Å²) in [6.45, 7) is 2.24. The fourth-order valence-electron chi connectivity index (χ4n) is 3.13. The molecule has 0 aliphatic carbocycles. The first kappa shape index (κ1) is 19.3. The van der Waals surface area contributed by atoms with Crippen molar-refractivity contribution in [2.24, 2.45) is 7.05 Å². The second kappa shape index (κ2) is 8.02. The minimum Gasteiger partial charge on any atom is -0.383 e. The van der Waals surface area contributed by atoms with Crippen LogP contribution in [0.1, 0.15) is 20.8 Å². The Hall–Kier alpha value is -2.51. The van der Waals surface area contributed by atoms with Gasteiger partial charge in [0.2, 0.25) is 0 Å². The van der Waals surface area contributed by atoms with Crippen LogP contribution in [-0.4, -0.2) is 47.2 Å². The highest BCUT2D eigenvalue weighted by Gasteiger charge is 2.26. The van der Waals surface area contributed by atoms with Crippen LogP contribution in [-0.2, 0) is 18.2 Å². The molecule has 0 saturated carbocycles. The van der Waals surface area contributed by atoms with Crippen molar-refractivity contribution in [1.29, 1.82) is 0 Å². The molecule has 0 unspecified atom stereocenters. The van der Waals surface area contributed by atoms with Crippen molar-refractivity contribution >= 4 is 27.5 Å². The first-order valence-electron chi connectivity index (χ1n) is 8.68. The number of rotatable bonds is 6. The van der Waals surface area contributed by atoms with Crippen LogP contribution >= 0.6 is 11.3 Å². The van der Waals surface area contributed by atoms with Crippen molar-refractivity contribution in [2.75, 3.05) is 20.8 Å². The smallest absolute Gasteiger partial charge is 0.264 e. The summed E-state index contributed by atoms with van der Waals surface area (Å²) in [7, 11) is 5.08. The van der Waals surface area contributed by atoms with E-state index in [2.05, 4.69) is 4.98 Å². The molecule has 0 radical (unpaired) electrons. The lowest BCUT2D eigenvalue weighted by atomic mass is 10.0. The highest BCUT2D eigenvalue weighted by Crippen LogP contribution is 2.28. The minimum atomic E-state index is -0.131. The van der Waals surface area contributed by atoms with E-state index in [0.29, 0.717) is 33.7 Å². The zero-order valence-corrected chi connectivity index (χ0v) is 16.7. The molecule has 0 fully saturated rings. The fourth-order valence-corrected chi connectivity index (χ4v) is 4.25. The minimum absolute atomic E-state index is 0.106. The monoisotopic (exact) mass is 385 g/mol. The van der Waals surface area contributed by atoms with Crippen molar-refractivity contribution < 1.29 is 9.53 Å². The second-order valence-corrected chi connectivity index (χ2v) is 7.61. The number of hydrogen-bond acceptors (Lipinski definition) is 5. The SMILES string of the molecule is COC[C@H](Cc1ccccc1)N(C)C(=O)c1sc2ncn(C)c(=O)c2c1C. The van der Waals surface area contributed by atoms with Crippen molar-refractivity contribution in [3.05, 3.63) is 63.0 Å². The van der Waals surface area contributed by atoms with E-state index in [1.165, 1.54) is 22.2 Å². The van der Waals surface area contributed by atoms with Crippen molar-refractivity contribution in [3.63, 3.8) is 0 Å². The lowest BCUT2D eigenvalue weighted by Gasteiger charge is -2.27. The van der Waals surface area contributed by atoms with E-state index in [1.54, 1.807) is 26.1 Å². The molecule has 2 aromatic heterocycles. The summed E-state index contributed by atoms with van der Waals surface area (Å²) in [6, 6.07) is 9.92. The van der Waals surface area contributed by atoms with Crippen LogP contribution in [0.4, 0.5) is 0 Å². The number of thiophene rings is 1. The van der Waals surface area contributed by atoms with Gasteiger partial charge in [0.1, 0.15) is 4.83 Å². The van der Waals surface area contributed by atoms with Crippen LogP contribution in [0, 0.1) is 6.92 Å². The van der Waals surface area contributed by atoms with Gasteiger partial charge in [0.05, 0.1) is 29.2 Å². The molecule has 27 heavy (non-hydrogen) atoms. The van der Waals surface area contributed by atoms with Gasteiger partial charge in [0.25, 0.3) is 11.5 Å². The fraction of sp³-hybridized carbons (Fsp3) is 0.350. The third kappa shape index (κ3) is 3.79. The number of benzene rings is 1. The van der Waals surface area contributed by atoms with Crippen LogP contribution < -0.4 is 5.56 Å². The molecule has 3 rings (SSSR count). The van der Waals surface area contributed by atoms with Crippen LogP contribution in [0.3, 0.4) is 0 Å². The molecule has 1 aromatic carbocycles. The summed E-state index contributed by atoms with van der Waals surface area (Å²) in [5.41, 5.74) is 1.70. The van der Waals surface area contributed by atoms with Crippen LogP contribution in [0.2, 0.25) is 0 Å². The molecule has 0 aliphatic heterocycles. The van der Waals surface area contributed by atoms with E-state index in [1.807, 2.05) is 37.3 Å². The van der Waals surface area contributed by atoms with Gasteiger partial charge in [0, 0.05) is 21.2 Å². The number of aromatic nitrogens is 2. The van der Waals surface area contributed by atoms with Crippen LogP contribution in [0.5, 0.6) is 0 Å². The Morgan fingerprint density at radius 3 is 2.70 bits per heavy atom. The standard InChI is InChI=1S/C20H23N3O3S/c1-13-16-18(21-12-22(2)19(16)24)27-17(13)20(25)23(3)15(11-26-4)10-14-8-6-5-7-9-14/h5-9,12,15H,10-11H2,1-4H3/t15-/m0/s1. The normalized spacial score (nSPS) is 12.3. The molecular weight excluding hydrogens is 362 g/mol. The zero-order valence-electron chi connectivity index (χ0n) is 15.9. The molecule has 142 valence electrons. The first-order valence-corrected chi connectivity index (χ1v) is 9.50. The van der Waals surface area contributed by atoms with Gasteiger partial charge in [0.15, 0.2) is 0 Å². The van der Waals surface area contributed by atoms with Gasteiger partial charge in [-0.15, -0.1) is 11.3 Å². The Balaban J connectivity index is 1.93. The summed E-state index contributed by atoms with van der Waals surface area (Å²) in [6.07, 6.45) is 2.18. The molecule has 0 spiro atoms. The largest absolute Gasteiger partial charge is 0.383 e. The molecule has 0 bridgehead atoms. The lowest BCUT2D eigenvalue weighted by molar-refractivity contribution is 0.0608. The molecule has 0 aliphatic rings.